The second-order valence-corrected chi connectivity index (χ2v) is 5.10. The second-order valence-electron chi connectivity index (χ2n) is 5.10. The number of benzene rings is 1. The first-order valence-corrected chi connectivity index (χ1v) is 7.27. The number of amides is 1. The van der Waals surface area contributed by atoms with E-state index in [1.165, 1.54) is 6.07 Å². The van der Waals surface area contributed by atoms with Crippen molar-refractivity contribution >= 4 is 11.6 Å². The summed E-state index contributed by atoms with van der Waals surface area (Å²) in [5.41, 5.74) is 6.72. The molecule has 1 aromatic rings. The summed E-state index contributed by atoms with van der Waals surface area (Å²) in [6, 6.07) is 4.37. The third-order valence-corrected chi connectivity index (χ3v) is 3.59. The first-order valence-electron chi connectivity index (χ1n) is 7.27. The number of primary amides is 1. The first kappa shape index (κ1) is 15.7. The third-order valence-electron chi connectivity index (χ3n) is 3.59. The van der Waals surface area contributed by atoms with Crippen LogP contribution < -0.4 is 16.0 Å². The maximum atomic E-state index is 14.1. The zero-order valence-corrected chi connectivity index (χ0v) is 12.3. The van der Waals surface area contributed by atoms with Gasteiger partial charge < -0.3 is 20.7 Å². The molecule has 2 rings (SSSR count). The van der Waals surface area contributed by atoms with Crippen molar-refractivity contribution in [1.82, 2.24) is 5.32 Å². The van der Waals surface area contributed by atoms with Crippen LogP contribution in [0.4, 0.5) is 10.1 Å². The Bertz CT molecular complexity index is 496. The van der Waals surface area contributed by atoms with Gasteiger partial charge in [0.05, 0.1) is 13.2 Å². The highest BCUT2D eigenvalue weighted by atomic mass is 19.1. The van der Waals surface area contributed by atoms with Crippen LogP contribution in [0.2, 0.25) is 0 Å². The number of hydrogen-bond acceptors (Lipinski definition) is 4. The van der Waals surface area contributed by atoms with Gasteiger partial charge in [0.15, 0.2) is 0 Å². The topological polar surface area (TPSA) is 67.6 Å². The lowest BCUT2D eigenvalue weighted by Crippen LogP contribution is -2.53. The molecular weight excluding hydrogens is 273 g/mol. The van der Waals surface area contributed by atoms with Gasteiger partial charge in [0.25, 0.3) is 0 Å². The van der Waals surface area contributed by atoms with Crippen molar-refractivity contribution in [3.05, 3.63) is 29.6 Å². The SMILES string of the molecule is CCCNCc1c(F)cccc1N1CCOCC1C(N)=O. The molecule has 1 unspecified atom stereocenters. The number of halogens is 1. The van der Waals surface area contributed by atoms with Crippen LogP contribution in [0.15, 0.2) is 18.2 Å². The van der Waals surface area contributed by atoms with Gasteiger partial charge in [-0.05, 0) is 25.1 Å². The Hall–Kier alpha value is -1.66. The highest BCUT2D eigenvalue weighted by Gasteiger charge is 2.29. The Morgan fingerprint density at radius 2 is 2.38 bits per heavy atom. The van der Waals surface area contributed by atoms with Gasteiger partial charge in [-0.1, -0.05) is 13.0 Å². The van der Waals surface area contributed by atoms with Crippen LogP contribution in [0.3, 0.4) is 0 Å². The molecule has 1 fully saturated rings. The molecule has 1 aromatic carbocycles. The Morgan fingerprint density at radius 1 is 1.57 bits per heavy atom. The van der Waals surface area contributed by atoms with Crippen molar-refractivity contribution in [2.45, 2.75) is 25.9 Å². The molecule has 0 aliphatic carbocycles. The lowest BCUT2D eigenvalue weighted by molar-refractivity contribution is -0.121. The molecule has 1 heterocycles. The minimum atomic E-state index is -0.550. The Morgan fingerprint density at radius 3 is 3.10 bits per heavy atom. The van der Waals surface area contributed by atoms with E-state index in [4.69, 9.17) is 10.5 Å². The van der Waals surface area contributed by atoms with E-state index in [9.17, 15) is 9.18 Å². The summed E-state index contributed by atoms with van der Waals surface area (Å²) < 4.78 is 19.5. The van der Waals surface area contributed by atoms with Crippen LogP contribution in [0.5, 0.6) is 0 Å². The number of nitrogens with one attached hydrogen (secondary N) is 1. The fourth-order valence-electron chi connectivity index (χ4n) is 2.51. The number of rotatable bonds is 6. The molecule has 1 saturated heterocycles. The molecule has 1 atom stereocenters. The molecule has 6 heteroatoms. The Balaban J connectivity index is 2.28. The lowest BCUT2D eigenvalue weighted by Gasteiger charge is -2.36. The van der Waals surface area contributed by atoms with E-state index in [1.54, 1.807) is 6.07 Å². The summed E-state index contributed by atoms with van der Waals surface area (Å²) in [4.78, 5) is 13.4. The summed E-state index contributed by atoms with van der Waals surface area (Å²) in [6.07, 6.45) is 0.977. The van der Waals surface area contributed by atoms with Crippen molar-refractivity contribution in [3.63, 3.8) is 0 Å². The average molecular weight is 295 g/mol. The third kappa shape index (κ3) is 3.71. The van der Waals surface area contributed by atoms with Gasteiger partial charge in [-0.15, -0.1) is 0 Å². The zero-order valence-electron chi connectivity index (χ0n) is 12.3. The van der Waals surface area contributed by atoms with Gasteiger partial charge in [0, 0.05) is 24.3 Å². The number of morpholine rings is 1. The van der Waals surface area contributed by atoms with Gasteiger partial charge in [-0.25, -0.2) is 4.39 Å². The van der Waals surface area contributed by atoms with Crippen molar-refractivity contribution in [2.24, 2.45) is 5.73 Å². The molecule has 0 spiro atoms. The summed E-state index contributed by atoms with van der Waals surface area (Å²) >= 11 is 0. The summed E-state index contributed by atoms with van der Waals surface area (Å²) in [5, 5.41) is 3.20. The number of nitrogens with two attached hydrogens (primary N) is 1. The Labute approximate surface area is 124 Å². The van der Waals surface area contributed by atoms with Gasteiger partial charge in [0.1, 0.15) is 11.9 Å². The molecule has 3 N–H and O–H groups in total. The molecule has 116 valence electrons. The van der Waals surface area contributed by atoms with Crippen LogP contribution >= 0.6 is 0 Å². The first-order chi connectivity index (χ1) is 10.1. The van der Waals surface area contributed by atoms with Gasteiger partial charge >= 0.3 is 0 Å². The molecule has 0 aromatic heterocycles. The standard InChI is InChI=1S/C15H22FN3O2/c1-2-6-18-9-11-12(16)4-3-5-13(11)19-7-8-21-10-14(19)15(17)20/h3-5,14,18H,2,6-10H2,1H3,(H2,17,20). The maximum absolute atomic E-state index is 14.1. The highest BCUT2D eigenvalue weighted by Crippen LogP contribution is 2.26. The number of anilines is 1. The summed E-state index contributed by atoms with van der Waals surface area (Å²) in [6.45, 7) is 4.57. The minimum Gasteiger partial charge on any atom is -0.377 e. The van der Waals surface area contributed by atoms with Crippen molar-refractivity contribution in [3.8, 4) is 0 Å². The van der Waals surface area contributed by atoms with E-state index < -0.39 is 11.9 Å². The van der Waals surface area contributed by atoms with Crippen LogP contribution in [-0.2, 0) is 16.1 Å². The van der Waals surface area contributed by atoms with Crippen molar-refractivity contribution < 1.29 is 13.9 Å². The van der Waals surface area contributed by atoms with Gasteiger partial charge in [0.2, 0.25) is 5.91 Å². The van der Waals surface area contributed by atoms with Gasteiger partial charge in [-0.3, -0.25) is 4.79 Å². The molecule has 0 bridgehead atoms. The van der Waals surface area contributed by atoms with Crippen LogP contribution in [-0.4, -0.2) is 38.3 Å². The number of nitrogens with zero attached hydrogens (tertiary/aromatic N) is 1. The molecule has 5 nitrogen and oxygen atoms in total. The molecule has 0 saturated carbocycles. The highest BCUT2D eigenvalue weighted by molar-refractivity contribution is 5.84. The number of carbonyl (C=O) groups is 1. The van der Waals surface area contributed by atoms with E-state index in [0.717, 1.165) is 13.0 Å². The average Bonchev–Trinajstić information content (AvgIpc) is 2.49. The summed E-state index contributed by atoms with van der Waals surface area (Å²) in [7, 11) is 0. The zero-order chi connectivity index (χ0) is 15.2. The van der Waals surface area contributed by atoms with Crippen molar-refractivity contribution in [1.29, 1.82) is 0 Å². The maximum Gasteiger partial charge on any atom is 0.242 e. The van der Waals surface area contributed by atoms with E-state index >= 15 is 0 Å². The Kier molecular flexibility index (Phi) is 5.52. The smallest absolute Gasteiger partial charge is 0.242 e. The molecule has 0 radical (unpaired) electrons. The van der Waals surface area contributed by atoms with E-state index in [1.807, 2.05) is 11.0 Å². The largest absolute Gasteiger partial charge is 0.377 e. The van der Waals surface area contributed by atoms with E-state index in [0.29, 0.717) is 30.9 Å². The lowest BCUT2D eigenvalue weighted by atomic mass is 10.1. The molecule has 1 aliphatic rings. The summed E-state index contributed by atoms with van der Waals surface area (Å²) in [5.74, 6) is -0.725. The number of ether oxygens (including phenoxy) is 1. The van der Waals surface area contributed by atoms with E-state index in [2.05, 4.69) is 12.2 Å². The fourth-order valence-corrected chi connectivity index (χ4v) is 2.51. The number of hydrogen-bond donors (Lipinski definition) is 2. The number of carbonyl (C=O) groups excluding carboxylic acids is 1. The predicted molar refractivity (Wildman–Crippen MR) is 79.5 cm³/mol. The van der Waals surface area contributed by atoms with Crippen LogP contribution in [0.25, 0.3) is 0 Å². The second kappa shape index (κ2) is 7.38. The van der Waals surface area contributed by atoms with Crippen molar-refractivity contribution in [2.75, 3.05) is 31.2 Å². The normalized spacial score (nSPS) is 18.8. The van der Waals surface area contributed by atoms with E-state index in [-0.39, 0.29) is 12.4 Å². The molecule has 21 heavy (non-hydrogen) atoms. The monoisotopic (exact) mass is 295 g/mol. The fraction of sp³-hybridized carbons (Fsp3) is 0.533. The predicted octanol–water partition coefficient (Wildman–Crippen LogP) is 1.02. The molecule has 1 aliphatic heterocycles. The molecule has 1 amide bonds. The molecular formula is C15H22FN3O2. The quantitative estimate of drug-likeness (QED) is 0.769. The van der Waals surface area contributed by atoms with Crippen LogP contribution in [0, 0.1) is 5.82 Å². The minimum absolute atomic E-state index is 0.244. The van der Waals surface area contributed by atoms with Gasteiger partial charge in [-0.2, -0.15) is 0 Å². The van der Waals surface area contributed by atoms with Crippen LogP contribution in [0.1, 0.15) is 18.9 Å².